The smallest absolute Gasteiger partial charge is 0.398 e. The summed E-state index contributed by atoms with van der Waals surface area (Å²) in [5.41, 5.74) is 6.91. The Kier molecular flexibility index (Phi) is 4.23. The van der Waals surface area contributed by atoms with Crippen LogP contribution in [0.25, 0.3) is 0 Å². The second kappa shape index (κ2) is 5.75. The predicted molar refractivity (Wildman–Crippen MR) is 77.3 cm³/mol. The van der Waals surface area contributed by atoms with Gasteiger partial charge in [-0.2, -0.15) is 13.2 Å². The summed E-state index contributed by atoms with van der Waals surface area (Å²) in [6.07, 6.45) is -4.36. The second-order valence-corrected chi connectivity index (χ2v) is 5.10. The Labute approximate surface area is 122 Å². The summed E-state index contributed by atoms with van der Waals surface area (Å²) < 4.78 is 38.6. The first-order valence-electron chi connectivity index (χ1n) is 5.82. The highest BCUT2D eigenvalue weighted by Gasteiger charge is 2.30. The van der Waals surface area contributed by atoms with E-state index in [1.54, 1.807) is 12.1 Å². The third-order valence-electron chi connectivity index (χ3n) is 2.82. The number of benzene rings is 2. The van der Waals surface area contributed by atoms with Gasteiger partial charge in [0.2, 0.25) is 0 Å². The summed E-state index contributed by atoms with van der Waals surface area (Å²) in [6.45, 7) is 0.354. The normalized spacial score (nSPS) is 11.4. The number of para-hydroxylation sites is 1. The van der Waals surface area contributed by atoms with E-state index in [1.807, 2.05) is 12.1 Å². The monoisotopic (exact) mass is 344 g/mol. The zero-order valence-electron chi connectivity index (χ0n) is 10.3. The summed E-state index contributed by atoms with van der Waals surface area (Å²) in [6, 6.07) is 10.7. The number of hydrogen-bond donors (Lipinski definition) is 2. The van der Waals surface area contributed by atoms with E-state index < -0.39 is 11.7 Å². The highest BCUT2D eigenvalue weighted by Crippen LogP contribution is 2.34. The Morgan fingerprint density at radius 1 is 1.10 bits per heavy atom. The van der Waals surface area contributed by atoms with Crippen LogP contribution in [0.4, 0.5) is 24.5 Å². The number of alkyl halides is 3. The molecule has 0 radical (unpaired) electrons. The van der Waals surface area contributed by atoms with E-state index in [1.165, 1.54) is 6.07 Å². The summed E-state index contributed by atoms with van der Waals surface area (Å²) in [5.74, 6) is 0. The topological polar surface area (TPSA) is 38.0 Å². The van der Waals surface area contributed by atoms with Gasteiger partial charge in [0.25, 0.3) is 0 Å². The molecular formula is C14H12BrF3N2. The number of nitrogens with two attached hydrogens (primary N) is 1. The lowest BCUT2D eigenvalue weighted by Crippen LogP contribution is -2.07. The first-order chi connectivity index (χ1) is 9.38. The van der Waals surface area contributed by atoms with Crippen molar-refractivity contribution in [2.24, 2.45) is 0 Å². The zero-order chi connectivity index (χ0) is 14.8. The molecule has 2 nitrogen and oxygen atoms in total. The van der Waals surface area contributed by atoms with Crippen molar-refractivity contribution >= 4 is 27.3 Å². The lowest BCUT2D eigenvalue weighted by molar-refractivity contribution is -0.137. The summed E-state index contributed by atoms with van der Waals surface area (Å²) in [4.78, 5) is 0. The van der Waals surface area contributed by atoms with Crippen LogP contribution in [0.2, 0.25) is 0 Å². The van der Waals surface area contributed by atoms with E-state index in [4.69, 9.17) is 5.73 Å². The van der Waals surface area contributed by atoms with E-state index in [0.29, 0.717) is 22.4 Å². The summed E-state index contributed by atoms with van der Waals surface area (Å²) in [5, 5.41) is 2.96. The second-order valence-electron chi connectivity index (χ2n) is 4.24. The average molecular weight is 345 g/mol. The SMILES string of the molecule is Nc1ccccc1CNc1cc(C(F)(F)F)ccc1Br. The Morgan fingerprint density at radius 3 is 2.45 bits per heavy atom. The molecular weight excluding hydrogens is 333 g/mol. The minimum Gasteiger partial charge on any atom is -0.398 e. The van der Waals surface area contributed by atoms with Crippen molar-refractivity contribution in [3.63, 3.8) is 0 Å². The molecule has 106 valence electrons. The lowest BCUT2D eigenvalue weighted by atomic mass is 10.1. The number of nitrogen functional groups attached to an aromatic ring is 1. The van der Waals surface area contributed by atoms with Crippen LogP contribution in [-0.2, 0) is 12.7 Å². The standard InChI is InChI=1S/C14H12BrF3N2/c15-11-6-5-10(14(16,17)18)7-13(11)20-8-9-3-1-2-4-12(9)19/h1-7,20H,8,19H2. The molecule has 0 atom stereocenters. The van der Waals surface area contributed by atoms with Crippen molar-refractivity contribution in [2.75, 3.05) is 11.1 Å². The zero-order valence-corrected chi connectivity index (χ0v) is 11.9. The lowest BCUT2D eigenvalue weighted by Gasteiger charge is -2.13. The molecule has 0 saturated carbocycles. The highest BCUT2D eigenvalue weighted by atomic mass is 79.9. The van der Waals surface area contributed by atoms with Crippen molar-refractivity contribution in [1.82, 2.24) is 0 Å². The molecule has 0 heterocycles. The Hall–Kier alpha value is -1.69. The van der Waals surface area contributed by atoms with Crippen LogP contribution in [0.5, 0.6) is 0 Å². The van der Waals surface area contributed by atoms with E-state index >= 15 is 0 Å². The number of rotatable bonds is 3. The number of hydrogen-bond acceptors (Lipinski definition) is 2. The number of nitrogens with one attached hydrogen (secondary N) is 1. The fourth-order valence-corrected chi connectivity index (χ4v) is 2.11. The van der Waals surface area contributed by atoms with Gasteiger partial charge in [-0.3, -0.25) is 0 Å². The molecule has 0 amide bonds. The summed E-state index contributed by atoms with van der Waals surface area (Å²) in [7, 11) is 0. The predicted octanol–water partition coefficient (Wildman–Crippen LogP) is 4.66. The van der Waals surface area contributed by atoms with Gasteiger partial charge in [0.05, 0.1) is 5.56 Å². The average Bonchev–Trinajstić information content (AvgIpc) is 2.38. The molecule has 0 aliphatic rings. The first-order valence-corrected chi connectivity index (χ1v) is 6.61. The van der Waals surface area contributed by atoms with Crippen molar-refractivity contribution in [3.8, 4) is 0 Å². The van der Waals surface area contributed by atoms with Crippen molar-refractivity contribution in [2.45, 2.75) is 12.7 Å². The molecule has 0 aliphatic carbocycles. The minimum atomic E-state index is -4.36. The molecule has 6 heteroatoms. The van der Waals surface area contributed by atoms with Gasteiger partial charge >= 0.3 is 6.18 Å². The van der Waals surface area contributed by atoms with Crippen LogP contribution in [0.15, 0.2) is 46.9 Å². The van der Waals surface area contributed by atoms with Crippen molar-refractivity contribution in [1.29, 1.82) is 0 Å². The molecule has 2 aromatic carbocycles. The van der Waals surface area contributed by atoms with Crippen molar-refractivity contribution < 1.29 is 13.2 Å². The molecule has 0 unspecified atom stereocenters. The maximum Gasteiger partial charge on any atom is 0.416 e. The van der Waals surface area contributed by atoms with Crippen LogP contribution in [0.3, 0.4) is 0 Å². The van der Waals surface area contributed by atoms with Gasteiger partial charge in [0, 0.05) is 22.4 Å². The van der Waals surface area contributed by atoms with E-state index in [9.17, 15) is 13.2 Å². The fraction of sp³-hybridized carbons (Fsp3) is 0.143. The minimum absolute atomic E-state index is 0.354. The maximum atomic E-state index is 12.7. The number of anilines is 2. The summed E-state index contributed by atoms with van der Waals surface area (Å²) >= 11 is 3.23. The van der Waals surface area contributed by atoms with Gasteiger partial charge in [0.15, 0.2) is 0 Å². The van der Waals surface area contributed by atoms with Crippen LogP contribution in [0, 0.1) is 0 Å². The molecule has 3 N–H and O–H groups in total. The Morgan fingerprint density at radius 2 is 1.80 bits per heavy atom. The first kappa shape index (κ1) is 14.7. The molecule has 0 fully saturated rings. The fourth-order valence-electron chi connectivity index (χ4n) is 1.72. The molecule has 0 aliphatic heterocycles. The van der Waals surface area contributed by atoms with Crippen LogP contribution in [-0.4, -0.2) is 0 Å². The molecule has 2 aromatic rings. The third-order valence-corrected chi connectivity index (χ3v) is 3.51. The van der Waals surface area contributed by atoms with E-state index in [2.05, 4.69) is 21.2 Å². The van der Waals surface area contributed by atoms with Gasteiger partial charge < -0.3 is 11.1 Å². The molecule has 20 heavy (non-hydrogen) atoms. The molecule has 2 rings (SSSR count). The third kappa shape index (κ3) is 3.45. The Bertz CT molecular complexity index is 612. The largest absolute Gasteiger partial charge is 0.416 e. The number of halogens is 4. The van der Waals surface area contributed by atoms with E-state index in [0.717, 1.165) is 17.7 Å². The quantitative estimate of drug-likeness (QED) is 0.794. The van der Waals surface area contributed by atoms with Gasteiger partial charge in [0.1, 0.15) is 0 Å². The van der Waals surface area contributed by atoms with Crippen LogP contribution in [0.1, 0.15) is 11.1 Å². The van der Waals surface area contributed by atoms with Gasteiger partial charge in [-0.05, 0) is 45.8 Å². The molecule has 0 saturated heterocycles. The van der Waals surface area contributed by atoms with E-state index in [-0.39, 0.29) is 0 Å². The highest BCUT2D eigenvalue weighted by molar-refractivity contribution is 9.10. The van der Waals surface area contributed by atoms with Gasteiger partial charge in [-0.25, -0.2) is 0 Å². The Balaban J connectivity index is 2.19. The van der Waals surface area contributed by atoms with Crippen molar-refractivity contribution in [3.05, 3.63) is 58.1 Å². The maximum absolute atomic E-state index is 12.7. The molecule has 0 bridgehead atoms. The van der Waals surface area contributed by atoms with Crippen LogP contribution >= 0.6 is 15.9 Å². The molecule has 0 spiro atoms. The van der Waals surface area contributed by atoms with Gasteiger partial charge in [-0.1, -0.05) is 18.2 Å². The molecule has 0 aromatic heterocycles. The van der Waals surface area contributed by atoms with Crippen LogP contribution < -0.4 is 11.1 Å². The van der Waals surface area contributed by atoms with Gasteiger partial charge in [-0.15, -0.1) is 0 Å².